The van der Waals surface area contributed by atoms with Gasteiger partial charge >= 0.3 is 11.9 Å². The maximum absolute atomic E-state index is 14.2. The second-order valence-corrected chi connectivity index (χ2v) is 20.7. The number of aliphatic imine (C=N–C) groups is 1. The Morgan fingerprint density at radius 1 is 0.494 bits per heavy atom. The Morgan fingerprint density at radius 3 is 1.44 bits per heavy atom. The molecular weight excluding hydrogens is 1120 g/mol. The van der Waals surface area contributed by atoms with E-state index in [4.69, 9.17) is 34.4 Å². The first kappa shape index (κ1) is 74.3. The Morgan fingerprint density at radius 2 is 0.941 bits per heavy atom. The normalized spacial score (nSPS) is 15.2. The third-order valence-corrected chi connectivity index (χ3v) is 13.6. The van der Waals surface area contributed by atoms with Crippen molar-refractivity contribution in [2.24, 2.45) is 51.2 Å². The van der Waals surface area contributed by atoms with E-state index in [0.29, 0.717) is 24.9 Å². The van der Waals surface area contributed by atoms with Crippen LogP contribution in [0.25, 0.3) is 0 Å². The van der Waals surface area contributed by atoms with E-state index >= 15 is 0 Å². The number of carbonyl (C=O) groups is 13. The fourth-order valence-electron chi connectivity index (χ4n) is 8.05. The molecule has 11 amide bonds. The number of carboxylic acid groups (broad SMARTS) is 2. The van der Waals surface area contributed by atoms with Gasteiger partial charge in [0.2, 0.25) is 65.0 Å². The number of nitrogens with zero attached hydrogens (tertiary/aromatic N) is 1. The van der Waals surface area contributed by atoms with E-state index in [2.05, 4.69) is 52.8 Å². The first-order valence-electron chi connectivity index (χ1n) is 27.9. The van der Waals surface area contributed by atoms with Crippen molar-refractivity contribution in [1.82, 2.24) is 47.9 Å². The molecule has 85 heavy (non-hydrogen) atoms. The highest BCUT2D eigenvalue weighted by Crippen LogP contribution is 2.16. The van der Waals surface area contributed by atoms with E-state index < -0.39 is 181 Å². The Labute approximate surface area is 492 Å². The average molecular weight is 1210 g/mol. The van der Waals surface area contributed by atoms with Crippen molar-refractivity contribution < 1.29 is 77.6 Å². The molecule has 1 rings (SSSR count). The fourth-order valence-corrected chi connectivity index (χ4v) is 8.05. The topological polar surface area (TPSA) is 559 Å². The summed E-state index contributed by atoms with van der Waals surface area (Å²) >= 11 is 0. The number of aliphatic carboxylic acids is 2. The lowest BCUT2D eigenvalue weighted by molar-refractivity contribution is -0.142. The first-order chi connectivity index (χ1) is 39.8. The number of carboxylic acids is 2. The smallest absolute Gasteiger partial charge is 0.326 e. The van der Waals surface area contributed by atoms with Gasteiger partial charge in [0.25, 0.3) is 0 Å². The fraction of sp³-hybridized carbons (Fsp3) is 0.623. The highest BCUT2D eigenvalue weighted by atomic mass is 16.4. The third kappa shape index (κ3) is 28.4. The molecule has 0 aliphatic heterocycles. The SMILES string of the molecule is CC[C@H](C)[C@H](NC(=O)[C@H](CCC(=O)O)NC(=O)[C@H](CC(N)=O)NC(=O)[C@@H](N)CCCCN)C(=O)N[C@H](C(=O)N[C@@H](C)C(=O)N[C@@H](CCC(N)=O)C(=O)N[C@@H](Cc1ccc(O)cc1)C(=O)N[C@@H](C)C(=O)N[C@@H](CCCN=C(N)N)C(=O)O)[C@@H](C)CC. The Kier molecular flexibility index (Phi) is 33.4. The zero-order valence-corrected chi connectivity index (χ0v) is 48.9. The van der Waals surface area contributed by atoms with E-state index in [1.165, 1.54) is 38.1 Å². The van der Waals surface area contributed by atoms with Gasteiger partial charge in [-0.3, -0.25) is 62.5 Å². The van der Waals surface area contributed by atoms with Crippen LogP contribution in [0, 0.1) is 11.8 Å². The van der Waals surface area contributed by atoms with E-state index in [1.807, 2.05) is 0 Å². The van der Waals surface area contributed by atoms with Gasteiger partial charge in [-0.1, -0.05) is 59.1 Å². The van der Waals surface area contributed by atoms with Crippen LogP contribution >= 0.6 is 0 Å². The van der Waals surface area contributed by atoms with Crippen molar-refractivity contribution >= 4 is 82.9 Å². The van der Waals surface area contributed by atoms with E-state index in [0.717, 1.165) is 0 Å². The number of carbonyl (C=O) groups excluding carboxylic acids is 11. The van der Waals surface area contributed by atoms with Crippen LogP contribution < -0.4 is 82.3 Å². The zero-order valence-electron chi connectivity index (χ0n) is 48.9. The molecule has 0 fully saturated rings. The zero-order chi connectivity index (χ0) is 64.7. The number of aromatic hydroxyl groups is 1. The van der Waals surface area contributed by atoms with Gasteiger partial charge in [-0.05, 0) is 88.4 Å². The molecule has 0 bridgehead atoms. The van der Waals surface area contributed by atoms with Gasteiger partial charge in [0.1, 0.15) is 60.1 Å². The second kappa shape index (κ2) is 38.2. The van der Waals surface area contributed by atoms with Crippen LogP contribution in [0.5, 0.6) is 5.75 Å². The lowest BCUT2D eigenvalue weighted by Gasteiger charge is -2.31. The van der Waals surface area contributed by atoms with Gasteiger partial charge in [-0.25, -0.2) is 4.79 Å². The summed E-state index contributed by atoms with van der Waals surface area (Å²) in [5.74, 6) is -15.0. The number of phenols is 1. The molecule has 1 aromatic carbocycles. The molecule has 0 unspecified atom stereocenters. The van der Waals surface area contributed by atoms with Gasteiger partial charge in [0.15, 0.2) is 5.96 Å². The summed E-state index contributed by atoms with van der Waals surface area (Å²) in [6.07, 6.45) is -1.26. The predicted molar refractivity (Wildman–Crippen MR) is 307 cm³/mol. The summed E-state index contributed by atoms with van der Waals surface area (Å²) in [5.41, 5.74) is 33.3. The van der Waals surface area contributed by atoms with Crippen LogP contribution in [0.3, 0.4) is 0 Å². The molecule has 24 N–H and O–H groups in total. The summed E-state index contributed by atoms with van der Waals surface area (Å²) in [4.78, 5) is 175. The molecule has 32 nitrogen and oxygen atoms in total. The third-order valence-electron chi connectivity index (χ3n) is 13.6. The number of nitrogens with one attached hydrogen (secondary N) is 9. The van der Waals surface area contributed by atoms with Crippen LogP contribution in [-0.4, -0.2) is 172 Å². The Bertz CT molecular complexity index is 2500. The van der Waals surface area contributed by atoms with Crippen molar-refractivity contribution in [3.8, 4) is 5.75 Å². The molecule has 476 valence electrons. The molecule has 1 aromatic rings. The predicted octanol–water partition coefficient (Wildman–Crippen LogP) is -4.97. The number of primary amides is 2. The van der Waals surface area contributed by atoms with Crippen molar-refractivity contribution in [3.05, 3.63) is 29.8 Å². The quantitative estimate of drug-likeness (QED) is 0.0166. The molecule has 0 aliphatic rings. The second-order valence-electron chi connectivity index (χ2n) is 20.7. The molecule has 0 heterocycles. The molecule has 0 aromatic heterocycles. The summed E-state index contributed by atoms with van der Waals surface area (Å²) in [6, 6.07) is -9.16. The van der Waals surface area contributed by atoms with Gasteiger partial charge in [-0.15, -0.1) is 0 Å². The van der Waals surface area contributed by atoms with Crippen LogP contribution in [0.2, 0.25) is 0 Å². The van der Waals surface area contributed by atoms with Crippen molar-refractivity contribution in [2.45, 2.75) is 185 Å². The Balaban J connectivity index is 3.45. The maximum Gasteiger partial charge on any atom is 0.326 e. The highest BCUT2D eigenvalue weighted by molar-refractivity contribution is 5.99. The molecule has 0 saturated carbocycles. The van der Waals surface area contributed by atoms with Crippen molar-refractivity contribution in [3.63, 3.8) is 0 Å². The minimum Gasteiger partial charge on any atom is -0.508 e. The van der Waals surface area contributed by atoms with Gasteiger partial charge in [0, 0.05) is 25.8 Å². The van der Waals surface area contributed by atoms with Crippen LogP contribution in [-0.2, 0) is 68.7 Å². The minimum atomic E-state index is -1.67. The highest BCUT2D eigenvalue weighted by Gasteiger charge is 2.37. The number of nitrogens with two attached hydrogens (primary N) is 6. The monoisotopic (exact) mass is 1200 g/mol. The van der Waals surface area contributed by atoms with Crippen LogP contribution in [0.4, 0.5) is 0 Å². The number of guanidine groups is 1. The number of rotatable bonds is 41. The van der Waals surface area contributed by atoms with Crippen LogP contribution in [0.15, 0.2) is 29.3 Å². The summed E-state index contributed by atoms with van der Waals surface area (Å²) < 4.78 is 0. The summed E-state index contributed by atoms with van der Waals surface area (Å²) in [7, 11) is 0. The number of hydrogen-bond donors (Lipinski definition) is 18. The molecular formula is C53H88N16O16. The van der Waals surface area contributed by atoms with Crippen LogP contribution in [0.1, 0.15) is 124 Å². The van der Waals surface area contributed by atoms with Crippen molar-refractivity contribution in [1.29, 1.82) is 0 Å². The molecule has 0 radical (unpaired) electrons. The summed E-state index contributed by atoms with van der Waals surface area (Å²) in [5, 5.41) is 51.1. The molecule has 0 aliphatic carbocycles. The standard InChI is InChI=1S/C53H88N16O16/c1-7-26(3)41(69-51(83)42(27(4)8-2)68-47(79)34(19-21-40(73)74)64-49(81)37(25-39(57)72)66-45(77)32(55)12-9-10-22-54)50(82)62-29(6)43(75)63-33(18-20-38(56)71)46(78)67-36(24-30-14-16-31(70)17-15-30)48(80)61-28(5)44(76)65-35(52(84)85)13-11-23-60-53(58)59/h14-17,26-29,32-37,41-42,70H,7-13,18-25,54-55H2,1-6H3,(H2,56,71)(H2,57,72)(H,61,80)(H,62,82)(H,63,75)(H,64,81)(H,65,76)(H,66,77)(H,67,78)(H,68,79)(H,69,83)(H,73,74)(H,84,85)(H4,58,59,60)/t26-,27-,28-,29-,32-,33-,34-,35-,36-,37-,41-,42-/m0/s1. The maximum atomic E-state index is 14.2. The number of benzene rings is 1. The molecule has 0 spiro atoms. The molecule has 32 heteroatoms. The molecule has 0 saturated heterocycles. The number of phenolic OH excluding ortho intramolecular Hbond substituents is 1. The summed E-state index contributed by atoms with van der Waals surface area (Å²) in [6.45, 7) is 9.48. The van der Waals surface area contributed by atoms with Gasteiger partial charge in [-0.2, -0.15) is 0 Å². The number of amides is 11. The number of unbranched alkanes of at least 4 members (excludes halogenated alkanes) is 1. The molecule has 12 atom stereocenters. The average Bonchev–Trinajstić information content (AvgIpc) is 3.47. The van der Waals surface area contributed by atoms with E-state index in [-0.39, 0.29) is 56.8 Å². The lowest BCUT2D eigenvalue weighted by Crippen LogP contribution is -2.62. The van der Waals surface area contributed by atoms with Gasteiger partial charge < -0.3 is 97.6 Å². The van der Waals surface area contributed by atoms with E-state index in [9.17, 15) is 77.6 Å². The van der Waals surface area contributed by atoms with E-state index in [1.54, 1.807) is 27.7 Å². The number of hydrogen-bond acceptors (Lipinski definition) is 17. The largest absolute Gasteiger partial charge is 0.508 e. The lowest BCUT2D eigenvalue weighted by atomic mass is 9.94. The van der Waals surface area contributed by atoms with Crippen molar-refractivity contribution in [2.75, 3.05) is 13.1 Å². The van der Waals surface area contributed by atoms with Gasteiger partial charge in [0.05, 0.1) is 12.5 Å². The first-order valence-corrected chi connectivity index (χ1v) is 27.9. The Hall–Kier alpha value is -8.68. The minimum absolute atomic E-state index is 0.0726.